The third kappa shape index (κ3) is 4.14. The highest BCUT2D eigenvalue weighted by molar-refractivity contribution is 6.34. The number of carbonyl (C=O) groups is 1. The molecule has 0 aromatic rings. The smallest absolute Gasteiger partial charge is 0.394 e. The molecule has 0 saturated heterocycles. The van der Waals surface area contributed by atoms with Gasteiger partial charge in [0, 0.05) is 6.04 Å². The SMILES string of the molecule is C[B]N(C(=O)O)C1CCCCCCCC1. The molecule has 0 aromatic heterocycles. The Bertz CT molecular complexity index is 189. The zero-order valence-electron chi connectivity index (χ0n) is 9.61. The van der Waals surface area contributed by atoms with Crippen LogP contribution in [0.3, 0.4) is 0 Å². The first kappa shape index (κ1) is 12.4. The Morgan fingerprint density at radius 2 is 1.60 bits per heavy atom. The number of nitrogens with zero attached hydrogens (tertiary/aromatic N) is 1. The van der Waals surface area contributed by atoms with Gasteiger partial charge in [-0.3, -0.25) is 0 Å². The second-order valence-electron chi connectivity index (χ2n) is 4.30. The van der Waals surface area contributed by atoms with Gasteiger partial charge in [0.15, 0.2) is 0 Å². The predicted octanol–water partition coefficient (Wildman–Crippen LogP) is 3.14. The fourth-order valence-corrected chi connectivity index (χ4v) is 2.37. The maximum atomic E-state index is 11.0. The summed E-state index contributed by atoms with van der Waals surface area (Å²) in [6.07, 6.45) is 8.73. The summed E-state index contributed by atoms with van der Waals surface area (Å²) in [7, 11) is 1.70. The summed E-state index contributed by atoms with van der Waals surface area (Å²) in [5.74, 6) is 0. The molecule has 1 fully saturated rings. The van der Waals surface area contributed by atoms with Crippen molar-refractivity contribution in [1.82, 2.24) is 4.81 Å². The summed E-state index contributed by atoms with van der Waals surface area (Å²) in [6, 6.07) is 0.214. The van der Waals surface area contributed by atoms with Crippen molar-refractivity contribution in [3.63, 3.8) is 0 Å². The molecular weight excluding hydrogens is 189 g/mol. The molecule has 0 aliphatic heterocycles. The molecule has 0 unspecified atom stereocenters. The van der Waals surface area contributed by atoms with Gasteiger partial charge in [-0.05, 0) is 12.8 Å². The maximum absolute atomic E-state index is 11.0. The molecule has 1 N–H and O–H groups in total. The molecule has 15 heavy (non-hydrogen) atoms. The molecule has 4 heteroatoms. The van der Waals surface area contributed by atoms with E-state index in [1.165, 1.54) is 43.3 Å². The molecule has 1 aliphatic carbocycles. The molecule has 85 valence electrons. The minimum atomic E-state index is -0.804. The molecule has 1 radical (unpaired) electrons. The Morgan fingerprint density at radius 1 is 1.13 bits per heavy atom. The van der Waals surface area contributed by atoms with Crippen LogP contribution in [0.4, 0.5) is 4.79 Å². The Hall–Kier alpha value is -0.665. The molecule has 3 nitrogen and oxygen atoms in total. The molecule has 1 saturated carbocycles. The summed E-state index contributed by atoms with van der Waals surface area (Å²) in [4.78, 5) is 12.5. The first-order valence-electron chi connectivity index (χ1n) is 6.06. The van der Waals surface area contributed by atoms with Gasteiger partial charge < -0.3 is 9.92 Å². The quantitative estimate of drug-likeness (QED) is 0.711. The Balaban J connectivity index is 2.50. The van der Waals surface area contributed by atoms with Crippen LogP contribution >= 0.6 is 0 Å². The summed E-state index contributed by atoms with van der Waals surface area (Å²) < 4.78 is 0. The fourth-order valence-electron chi connectivity index (χ4n) is 2.37. The normalized spacial score (nSPS) is 19.8. The van der Waals surface area contributed by atoms with Crippen LogP contribution in [0.5, 0.6) is 0 Å². The highest BCUT2D eigenvalue weighted by atomic mass is 16.4. The number of amides is 1. The summed E-state index contributed by atoms with van der Waals surface area (Å²) in [6.45, 7) is 1.81. The summed E-state index contributed by atoms with van der Waals surface area (Å²) >= 11 is 0. The zero-order chi connectivity index (χ0) is 11.1. The summed E-state index contributed by atoms with van der Waals surface area (Å²) in [5.41, 5.74) is 0. The Morgan fingerprint density at radius 3 is 2.00 bits per heavy atom. The van der Waals surface area contributed by atoms with Gasteiger partial charge in [-0.1, -0.05) is 45.3 Å². The van der Waals surface area contributed by atoms with Crippen molar-refractivity contribution in [1.29, 1.82) is 0 Å². The van der Waals surface area contributed by atoms with Crippen LogP contribution in [-0.4, -0.2) is 29.5 Å². The third-order valence-electron chi connectivity index (χ3n) is 3.22. The molecule has 0 aromatic carbocycles. The second-order valence-corrected chi connectivity index (χ2v) is 4.30. The van der Waals surface area contributed by atoms with Gasteiger partial charge in [-0.25, -0.2) is 4.79 Å². The molecule has 0 bridgehead atoms. The van der Waals surface area contributed by atoms with Gasteiger partial charge in [0.2, 0.25) is 0 Å². The lowest BCUT2D eigenvalue weighted by molar-refractivity contribution is 0.156. The monoisotopic (exact) mass is 210 g/mol. The van der Waals surface area contributed by atoms with Crippen molar-refractivity contribution in [2.75, 3.05) is 0 Å². The van der Waals surface area contributed by atoms with Crippen LogP contribution in [0.15, 0.2) is 0 Å². The number of rotatable bonds is 2. The predicted molar refractivity (Wildman–Crippen MR) is 62.2 cm³/mol. The van der Waals surface area contributed by atoms with Gasteiger partial charge in [0.05, 0.1) is 0 Å². The average molecular weight is 210 g/mol. The minimum Gasteiger partial charge on any atom is -0.466 e. The number of hydrogen-bond acceptors (Lipinski definition) is 1. The highest BCUT2D eigenvalue weighted by Crippen LogP contribution is 2.20. The van der Waals surface area contributed by atoms with Crippen LogP contribution in [-0.2, 0) is 0 Å². The van der Waals surface area contributed by atoms with E-state index < -0.39 is 6.09 Å². The van der Waals surface area contributed by atoms with E-state index >= 15 is 0 Å². The van der Waals surface area contributed by atoms with Gasteiger partial charge in [0.1, 0.15) is 0 Å². The van der Waals surface area contributed by atoms with E-state index in [-0.39, 0.29) is 6.04 Å². The topological polar surface area (TPSA) is 40.5 Å². The zero-order valence-corrected chi connectivity index (χ0v) is 9.61. The number of hydrogen-bond donors (Lipinski definition) is 1. The molecule has 1 aliphatic rings. The van der Waals surface area contributed by atoms with Crippen molar-refractivity contribution in [2.24, 2.45) is 0 Å². The van der Waals surface area contributed by atoms with Crippen molar-refractivity contribution in [2.45, 2.75) is 64.2 Å². The standard InChI is InChI=1S/C11H21BNO2/c1-12-13(11(14)15)10-8-6-4-2-3-5-7-9-10/h10H,2-9H2,1H3,(H,14,15). The van der Waals surface area contributed by atoms with Crippen molar-refractivity contribution >= 4 is 13.5 Å². The first-order chi connectivity index (χ1) is 7.25. The van der Waals surface area contributed by atoms with Crippen LogP contribution in [0.1, 0.15) is 51.4 Å². The van der Waals surface area contributed by atoms with E-state index in [4.69, 9.17) is 5.11 Å². The van der Waals surface area contributed by atoms with Crippen LogP contribution < -0.4 is 0 Å². The van der Waals surface area contributed by atoms with E-state index in [0.29, 0.717) is 0 Å². The van der Waals surface area contributed by atoms with Crippen LogP contribution in [0.25, 0.3) is 0 Å². The van der Waals surface area contributed by atoms with E-state index in [9.17, 15) is 4.79 Å². The van der Waals surface area contributed by atoms with Gasteiger partial charge in [0.25, 0.3) is 7.41 Å². The lowest BCUT2D eigenvalue weighted by atomic mass is 9.90. The van der Waals surface area contributed by atoms with Gasteiger partial charge >= 0.3 is 6.09 Å². The fraction of sp³-hybridized carbons (Fsp3) is 0.909. The third-order valence-corrected chi connectivity index (χ3v) is 3.22. The second kappa shape index (κ2) is 6.75. The van der Waals surface area contributed by atoms with Crippen LogP contribution in [0, 0.1) is 0 Å². The van der Waals surface area contributed by atoms with Crippen molar-refractivity contribution in [3.8, 4) is 0 Å². The average Bonchev–Trinajstić information content (AvgIpc) is 2.32. The highest BCUT2D eigenvalue weighted by Gasteiger charge is 2.21. The molecular formula is C11H21BNO2. The lowest BCUT2D eigenvalue weighted by Gasteiger charge is -2.28. The molecule has 1 rings (SSSR count). The molecule has 1 amide bonds. The lowest BCUT2D eigenvalue weighted by Crippen LogP contribution is -2.41. The van der Waals surface area contributed by atoms with E-state index in [0.717, 1.165) is 12.8 Å². The van der Waals surface area contributed by atoms with Gasteiger partial charge in [-0.2, -0.15) is 0 Å². The summed E-state index contributed by atoms with van der Waals surface area (Å²) in [5, 5.41) is 9.05. The van der Waals surface area contributed by atoms with E-state index in [1.807, 2.05) is 0 Å². The van der Waals surface area contributed by atoms with E-state index in [1.54, 1.807) is 14.2 Å². The van der Waals surface area contributed by atoms with Crippen molar-refractivity contribution in [3.05, 3.63) is 0 Å². The molecule has 0 atom stereocenters. The first-order valence-corrected chi connectivity index (χ1v) is 6.06. The van der Waals surface area contributed by atoms with Crippen LogP contribution in [0.2, 0.25) is 6.82 Å². The largest absolute Gasteiger partial charge is 0.466 e. The van der Waals surface area contributed by atoms with Gasteiger partial charge in [-0.15, -0.1) is 0 Å². The number of carboxylic acid groups (broad SMARTS) is 1. The molecule has 0 heterocycles. The Kier molecular flexibility index (Phi) is 5.58. The van der Waals surface area contributed by atoms with Crippen molar-refractivity contribution < 1.29 is 9.90 Å². The molecule has 0 spiro atoms. The minimum absolute atomic E-state index is 0.214. The maximum Gasteiger partial charge on any atom is 0.394 e. The van der Waals surface area contributed by atoms with E-state index in [2.05, 4.69) is 0 Å². The Labute approximate surface area is 93.1 Å².